The Labute approximate surface area is 123 Å². The van der Waals surface area contributed by atoms with Crippen LogP contribution >= 0.6 is 0 Å². The molecular formula is C14H19F2NO3S. The molecule has 0 atom stereocenters. The summed E-state index contributed by atoms with van der Waals surface area (Å²) in [4.78, 5) is 1.51. The summed E-state index contributed by atoms with van der Waals surface area (Å²) < 4.78 is 49.4. The minimum absolute atomic E-state index is 0.0208. The molecule has 1 aromatic rings. The van der Waals surface area contributed by atoms with Gasteiger partial charge in [-0.2, -0.15) is 8.78 Å². The first kappa shape index (κ1) is 16.2. The van der Waals surface area contributed by atoms with Crippen LogP contribution in [0.4, 0.5) is 14.5 Å². The fourth-order valence-electron chi connectivity index (χ4n) is 2.47. The molecule has 2 rings (SSSR count). The smallest absolute Gasteiger partial charge is 0.341 e. The van der Waals surface area contributed by atoms with Crippen LogP contribution < -0.4 is 4.90 Å². The number of aliphatic hydroxyl groups is 1. The zero-order chi connectivity index (χ0) is 15.5. The third-order valence-corrected chi connectivity index (χ3v) is 5.22. The second kappa shape index (κ2) is 6.70. The Hall–Kier alpha value is -1.21. The van der Waals surface area contributed by atoms with E-state index in [4.69, 9.17) is 5.11 Å². The average Bonchev–Trinajstić information content (AvgIpc) is 2.41. The third-order valence-electron chi connectivity index (χ3n) is 3.79. The summed E-state index contributed by atoms with van der Waals surface area (Å²) in [6, 6.07) is 6.03. The van der Waals surface area contributed by atoms with E-state index in [9.17, 15) is 17.2 Å². The summed E-state index contributed by atoms with van der Waals surface area (Å²) >= 11 is 0. The lowest BCUT2D eigenvalue weighted by Gasteiger charge is -2.40. The molecule has 7 heteroatoms. The Kier molecular flexibility index (Phi) is 5.16. The maximum absolute atomic E-state index is 12.8. The predicted molar refractivity (Wildman–Crippen MR) is 76.3 cm³/mol. The molecule has 0 bridgehead atoms. The van der Waals surface area contributed by atoms with Crippen LogP contribution in [0.2, 0.25) is 0 Å². The van der Waals surface area contributed by atoms with Gasteiger partial charge in [0.15, 0.2) is 0 Å². The van der Waals surface area contributed by atoms with Crippen molar-refractivity contribution in [1.29, 1.82) is 0 Å². The van der Waals surface area contributed by atoms with E-state index in [1.807, 2.05) is 4.90 Å². The van der Waals surface area contributed by atoms with Crippen LogP contribution in [-0.2, 0) is 9.84 Å². The monoisotopic (exact) mass is 319 g/mol. The van der Waals surface area contributed by atoms with Gasteiger partial charge in [0.2, 0.25) is 9.84 Å². The number of sulfone groups is 1. The van der Waals surface area contributed by atoms with Gasteiger partial charge in [0, 0.05) is 19.2 Å². The molecule has 0 aliphatic heterocycles. The maximum Gasteiger partial charge on any atom is 0.341 e. The summed E-state index contributed by atoms with van der Waals surface area (Å²) in [5.74, 6) is -3.43. The third kappa shape index (κ3) is 3.35. The van der Waals surface area contributed by atoms with Gasteiger partial charge in [-0.25, -0.2) is 8.42 Å². The van der Waals surface area contributed by atoms with E-state index < -0.39 is 15.6 Å². The summed E-state index contributed by atoms with van der Waals surface area (Å²) in [5.41, 5.74) is 0.316. The Balaban J connectivity index is 2.40. The van der Waals surface area contributed by atoms with E-state index >= 15 is 0 Å². The first-order valence-electron chi connectivity index (χ1n) is 6.97. The van der Waals surface area contributed by atoms with Crippen LogP contribution in [0.1, 0.15) is 25.7 Å². The molecule has 1 fully saturated rings. The summed E-state index contributed by atoms with van der Waals surface area (Å²) in [6.07, 6.45) is 3.34. The first-order valence-corrected chi connectivity index (χ1v) is 8.51. The van der Waals surface area contributed by atoms with Crippen molar-refractivity contribution in [3.05, 3.63) is 24.3 Å². The molecular weight excluding hydrogens is 300 g/mol. The molecule has 0 saturated heterocycles. The van der Waals surface area contributed by atoms with Crippen molar-refractivity contribution in [3.63, 3.8) is 0 Å². The number of aliphatic hydroxyl groups excluding tert-OH is 1. The highest BCUT2D eigenvalue weighted by Crippen LogP contribution is 2.35. The quantitative estimate of drug-likeness (QED) is 0.838. The number of alkyl halides is 2. The van der Waals surface area contributed by atoms with Crippen molar-refractivity contribution in [1.82, 2.24) is 0 Å². The summed E-state index contributed by atoms with van der Waals surface area (Å²) in [7, 11) is -4.63. The van der Waals surface area contributed by atoms with Gasteiger partial charge >= 0.3 is 5.76 Å². The van der Waals surface area contributed by atoms with Crippen molar-refractivity contribution >= 4 is 15.5 Å². The van der Waals surface area contributed by atoms with E-state index in [1.54, 1.807) is 12.1 Å². The molecule has 1 aliphatic carbocycles. The number of benzene rings is 1. The van der Waals surface area contributed by atoms with Gasteiger partial charge in [-0.15, -0.1) is 0 Å². The molecule has 0 heterocycles. The molecule has 1 aromatic carbocycles. The van der Waals surface area contributed by atoms with E-state index in [1.165, 1.54) is 12.1 Å². The van der Waals surface area contributed by atoms with Crippen molar-refractivity contribution in [2.24, 2.45) is 0 Å². The Morgan fingerprint density at radius 2 is 1.95 bits per heavy atom. The van der Waals surface area contributed by atoms with E-state index in [0.29, 0.717) is 18.7 Å². The SMILES string of the molecule is O=S(=O)(c1ccccc1N(CCCO)C1CCC1)C(F)F. The summed E-state index contributed by atoms with van der Waals surface area (Å²) in [6.45, 7) is 0.434. The van der Waals surface area contributed by atoms with Crippen LogP contribution in [0.15, 0.2) is 29.2 Å². The van der Waals surface area contributed by atoms with Gasteiger partial charge in [-0.3, -0.25) is 0 Å². The Morgan fingerprint density at radius 1 is 1.29 bits per heavy atom. The van der Waals surface area contributed by atoms with Crippen LogP contribution in [0.5, 0.6) is 0 Å². The first-order chi connectivity index (χ1) is 9.98. The number of hydrogen-bond acceptors (Lipinski definition) is 4. The minimum atomic E-state index is -4.63. The van der Waals surface area contributed by atoms with Gasteiger partial charge in [0.05, 0.1) is 10.6 Å². The van der Waals surface area contributed by atoms with Crippen LogP contribution in [0.3, 0.4) is 0 Å². The normalized spacial score (nSPS) is 16.0. The highest BCUT2D eigenvalue weighted by Gasteiger charge is 2.33. The maximum atomic E-state index is 12.8. The Morgan fingerprint density at radius 3 is 2.48 bits per heavy atom. The van der Waals surface area contributed by atoms with Crippen molar-refractivity contribution < 1.29 is 22.3 Å². The number of rotatable bonds is 7. The zero-order valence-electron chi connectivity index (χ0n) is 11.6. The van der Waals surface area contributed by atoms with Crippen LogP contribution in [-0.4, -0.2) is 38.5 Å². The van der Waals surface area contributed by atoms with E-state index in [-0.39, 0.29) is 17.5 Å². The van der Waals surface area contributed by atoms with Crippen molar-refractivity contribution in [2.45, 2.75) is 42.4 Å². The molecule has 0 aromatic heterocycles. The lowest BCUT2D eigenvalue weighted by Crippen LogP contribution is -2.42. The lowest BCUT2D eigenvalue weighted by molar-refractivity contribution is 0.234. The van der Waals surface area contributed by atoms with Crippen LogP contribution in [0.25, 0.3) is 0 Å². The molecule has 0 amide bonds. The molecule has 1 N–H and O–H groups in total. The number of hydrogen-bond donors (Lipinski definition) is 1. The molecule has 0 spiro atoms. The lowest BCUT2D eigenvalue weighted by atomic mass is 9.91. The largest absolute Gasteiger partial charge is 0.396 e. The van der Waals surface area contributed by atoms with Gasteiger partial charge in [-0.05, 0) is 37.8 Å². The minimum Gasteiger partial charge on any atom is -0.396 e. The second-order valence-electron chi connectivity index (χ2n) is 5.13. The molecule has 0 unspecified atom stereocenters. The predicted octanol–water partition coefficient (Wildman–Crippen LogP) is 2.42. The number of anilines is 1. The zero-order valence-corrected chi connectivity index (χ0v) is 12.4. The van der Waals surface area contributed by atoms with Gasteiger partial charge < -0.3 is 10.0 Å². The standard InChI is InChI=1S/C14H19F2NO3S/c15-14(16)21(19,20)13-8-2-1-7-12(13)17(9-4-10-18)11-5-3-6-11/h1-2,7-8,11,14,18H,3-6,9-10H2. The van der Waals surface area contributed by atoms with Crippen molar-refractivity contribution in [2.75, 3.05) is 18.1 Å². The van der Waals surface area contributed by atoms with E-state index in [0.717, 1.165) is 19.3 Å². The molecule has 0 radical (unpaired) electrons. The molecule has 4 nitrogen and oxygen atoms in total. The summed E-state index contributed by atoms with van der Waals surface area (Å²) in [5, 5.41) is 8.99. The number of nitrogens with zero attached hydrogens (tertiary/aromatic N) is 1. The van der Waals surface area contributed by atoms with Gasteiger partial charge in [0.1, 0.15) is 0 Å². The van der Waals surface area contributed by atoms with Crippen LogP contribution in [0, 0.1) is 0 Å². The van der Waals surface area contributed by atoms with Gasteiger partial charge in [0.25, 0.3) is 0 Å². The Bertz CT molecular complexity index is 573. The highest BCUT2D eigenvalue weighted by molar-refractivity contribution is 7.91. The molecule has 118 valence electrons. The van der Waals surface area contributed by atoms with Crippen molar-refractivity contribution in [3.8, 4) is 0 Å². The number of para-hydroxylation sites is 1. The molecule has 1 saturated carbocycles. The topological polar surface area (TPSA) is 57.6 Å². The fraction of sp³-hybridized carbons (Fsp3) is 0.571. The average molecular weight is 319 g/mol. The van der Waals surface area contributed by atoms with E-state index in [2.05, 4.69) is 0 Å². The molecule has 21 heavy (non-hydrogen) atoms. The van der Waals surface area contributed by atoms with Gasteiger partial charge in [-0.1, -0.05) is 12.1 Å². The number of halogens is 2. The second-order valence-corrected chi connectivity index (χ2v) is 7.01. The molecule has 1 aliphatic rings. The fourth-order valence-corrected chi connectivity index (χ4v) is 3.41. The highest BCUT2D eigenvalue weighted by atomic mass is 32.2.